The molecule has 0 atom stereocenters. The minimum absolute atomic E-state index is 0.243. The van der Waals surface area contributed by atoms with Crippen LogP contribution in [0.3, 0.4) is 0 Å². The lowest BCUT2D eigenvalue weighted by Crippen LogP contribution is -2.24. The summed E-state index contributed by atoms with van der Waals surface area (Å²) in [4.78, 5) is 11.7. The molecule has 4 nitrogen and oxygen atoms in total. The number of nitrogens with one attached hydrogen (secondary N) is 1. The van der Waals surface area contributed by atoms with Crippen LogP contribution in [0, 0.1) is 11.8 Å². The van der Waals surface area contributed by atoms with Gasteiger partial charge in [-0.3, -0.25) is 4.79 Å². The molecule has 1 amide bonds. The largest absolute Gasteiger partial charge is 0.444 e. The van der Waals surface area contributed by atoms with Crippen molar-refractivity contribution < 1.29 is 9.21 Å². The summed E-state index contributed by atoms with van der Waals surface area (Å²) in [5, 5.41) is 4.15. The van der Waals surface area contributed by atoms with Gasteiger partial charge < -0.3 is 4.42 Å². The molecule has 17 heavy (non-hydrogen) atoms. The summed E-state index contributed by atoms with van der Waals surface area (Å²) in [6.07, 6.45) is 0. The number of amides is 1. The lowest BCUT2D eigenvalue weighted by atomic mass is 9.98. The lowest BCUT2D eigenvalue weighted by Gasteiger charge is -2.13. The highest BCUT2D eigenvalue weighted by atomic mass is 79.9. The zero-order chi connectivity index (χ0) is 13.0. The molecule has 0 aliphatic rings. The van der Waals surface area contributed by atoms with Gasteiger partial charge in [-0.2, -0.15) is 5.10 Å². The molecule has 0 aliphatic carbocycles. The van der Waals surface area contributed by atoms with E-state index in [9.17, 15) is 4.79 Å². The van der Waals surface area contributed by atoms with Crippen LogP contribution in [0.4, 0.5) is 0 Å². The summed E-state index contributed by atoms with van der Waals surface area (Å²) in [5.41, 5.74) is 3.47. The molecular weight excluding hydrogens is 284 g/mol. The van der Waals surface area contributed by atoms with Gasteiger partial charge in [-0.15, -0.1) is 0 Å². The highest BCUT2D eigenvalue weighted by Crippen LogP contribution is 2.14. The van der Waals surface area contributed by atoms with Gasteiger partial charge in [0.1, 0.15) is 0 Å². The van der Waals surface area contributed by atoms with E-state index in [1.807, 2.05) is 0 Å². The first-order valence-electron chi connectivity index (χ1n) is 5.55. The van der Waals surface area contributed by atoms with Gasteiger partial charge in [-0.05, 0) is 39.9 Å². The fourth-order valence-electron chi connectivity index (χ4n) is 1.53. The summed E-state index contributed by atoms with van der Waals surface area (Å²) >= 11 is 3.14. The predicted octanol–water partition coefficient (Wildman–Crippen LogP) is 3.44. The van der Waals surface area contributed by atoms with E-state index in [0.717, 1.165) is 5.71 Å². The van der Waals surface area contributed by atoms with Gasteiger partial charge in [0.15, 0.2) is 10.4 Å². The first-order chi connectivity index (χ1) is 7.91. The summed E-state index contributed by atoms with van der Waals surface area (Å²) in [5.74, 6) is 0.513. The number of hydrogen-bond acceptors (Lipinski definition) is 3. The maximum absolute atomic E-state index is 11.7. The van der Waals surface area contributed by atoms with Crippen molar-refractivity contribution in [1.82, 2.24) is 5.43 Å². The van der Waals surface area contributed by atoms with Crippen LogP contribution in [0.25, 0.3) is 0 Å². The van der Waals surface area contributed by atoms with Crippen molar-refractivity contribution in [2.45, 2.75) is 27.7 Å². The van der Waals surface area contributed by atoms with Gasteiger partial charge in [-0.1, -0.05) is 27.7 Å². The quantitative estimate of drug-likeness (QED) is 0.684. The summed E-state index contributed by atoms with van der Waals surface area (Å²) in [7, 11) is 0. The number of nitrogens with zero attached hydrogens (tertiary/aromatic N) is 1. The van der Waals surface area contributed by atoms with E-state index in [1.54, 1.807) is 12.1 Å². The molecule has 0 aromatic carbocycles. The molecule has 0 bridgehead atoms. The molecule has 0 saturated carbocycles. The highest BCUT2D eigenvalue weighted by molar-refractivity contribution is 9.10. The standard InChI is InChI=1S/C12H17BrN2O2/c1-7(2)11(8(3)4)14-15-12(16)9-5-6-10(13)17-9/h5-8H,1-4H3,(H,15,16). The molecule has 0 fully saturated rings. The Bertz CT molecular complexity index is 412. The van der Waals surface area contributed by atoms with Crippen molar-refractivity contribution >= 4 is 27.5 Å². The molecule has 0 saturated heterocycles. The van der Waals surface area contributed by atoms with Crippen LogP contribution in [-0.4, -0.2) is 11.6 Å². The Morgan fingerprint density at radius 1 is 1.29 bits per heavy atom. The Morgan fingerprint density at radius 3 is 2.29 bits per heavy atom. The zero-order valence-corrected chi connectivity index (χ0v) is 12.0. The number of furan rings is 1. The summed E-state index contributed by atoms with van der Waals surface area (Å²) < 4.78 is 5.66. The minimum Gasteiger partial charge on any atom is -0.444 e. The van der Waals surface area contributed by atoms with E-state index < -0.39 is 0 Å². The lowest BCUT2D eigenvalue weighted by molar-refractivity contribution is 0.0925. The van der Waals surface area contributed by atoms with Gasteiger partial charge in [0.05, 0.1) is 0 Å². The van der Waals surface area contributed by atoms with Crippen molar-refractivity contribution in [3.05, 3.63) is 22.6 Å². The van der Waals surface area contributed by atoms with Gasteiger partial charge in [0, 0.05) is 5.71 Å². The molecule has 1 N–H and O–H groups in total. The van der Waals surface area contributed by atoms with Crippen LogP contribution in [-0.2, 0) is 0 Å². The third-order valence-electron chi connectivity index (χ3n) is 2.27. The topological polar surface area (TPSA) is 54.6 Å². The maximum Gasteiger partial charge on any atom is 0.307 e. The number of hydrogen-bond donors (Lipinski definition) is 1. The number of carbonyl (C=O) groups is 1. The second-order valence-corrected chi connectivity index (χ2v) is 5.17. The second-order valence-electron chi connectivity index (χ2n) is 4.39. The zero-order valence-electron chi connectivity index (χ0n) is 10.5. The molecule has 0 aliphatic heterocycles. The van der Waals surface area contributed by atoms with Crippen LogP contribution in [0.1, 0.15) is 38.2 Å². The van der Waals surface area contributed by atoms with Crippen molar-refractivity contribution in [3.8, 4) is 0 Å². The maximum atomic E-state index is 11.7. The van der Waals surface area contributed by atoms with Crippen molar-refractivity contribution in [3.63, 3.8) is 0 Å². The Balaban J connectivity index is 2.72. The Kier molecular flexibility index (Phi) is 4.93. The second kappa shape index (κ2) is 6.00. The fourth-order valence-corrected chi connectivity index (χ4v) is 1.84. The van der Waals surface area contributed by atoms with Gasteiger partial charge >= 0.3 is 5.91 Å². The van der Waals surface area contributed by atoms with Crippen LogP contribution in [0.2, 0.25) is 0 Å². The number of rotatable bonds is 4. The van der Waals surface area contributed by atoms with Crippen molar-refractivity contribution in [2.75, 3.05) is 0 Å². The molecular formula is C12H17BrN2O2. The van der Waals surface area contributed by atoms with E-state index in [2.05, 4.69) is 54.2 Å². The van der Waals surface area contributed by atoms with E-state index in [1.165, 1.54) is 0 Å². The molecule has 0 spiro atoms. The Hall–Kier alpha value is -1.10. The number of carbonyl (C=O) groups excluding carboxylic acids is 1. The molecule has 1 heterocycles. The third kappa shape index (κ3) is 4.00. The van der Waals surface area contributed by atoms with Crippen LogP contribution in [0.5, 0.6) is 0 Å². The summed E-state index contributed by atoms with van der Waals surface area (Å²) in [6, 6.07) is 3.27. The smallest absolute Gasteiger partial charge is 0.307 e. The predicted molar refractivity (Wildman–Crippen MR) is 71.0 cm³/mol. The fraction of sp³-hybridized carbons (Fsp3) is 0.500. The highest BCUT2D eigenvalue weighted by Gasteiger charge is 2.13. The minimum atomic E-state index is -0.338. The van der Waals surface area contributed by atoms with Crippen LogP contribution < -0.4 is 5.43 Å². The van der Waals surface area contributed by atoms with E-state index in [0.29, 0.717) is 16.5 Å². The molecule has 1 aromatic rings. The van der Waals surface area contributed by atoms with E-state index >= 15 is 0 Å². The van der Waals surface area contributed by atoms with E-state index in [-0.39, 0.29) is 11.7 Å². The van der Waals surface area contributed by atoms with Gasteiger partial charge in [0.2, 0.25) is 0 Å². The van der Waals surface area contributed by atoms with Crippen molar-refractivity contribution in [1.29, 1.82) is 0 Å². The Labute approximate surface area is 110 Å². The monoisotopic (exact) mass is 300 g/mol. The SMILES string of the molecule is CC(C)C(=NNC(=O)c1ccc(Br)o1)C(C)C. The summed E-state index contributed by atoms with van der Waals surface area (Å²) in [6.45, 7) is 8.20. The molecule has 94 valence electrons. The average Bonchev–Trinajstić information content (AvgIpc) is 2.63. The molecule has 1 rings (SSSR count). The van der Waals surface area contributed by atoms with E-state index in [4.69, 9.17) is 4.42 Å². The van der Waals surface area contributed by atoms with Crippen LogP contribution >= 0.6 is 15.9 Å². The first-order valence-corrected chi connectivity index (χ1v) is 6.34. The molecule has 0 unspecified atom stereocenters. The molecule has 0 radical (unpaired) electrons. The average molecular weight is 301 g/mol. The first kappa shape index (κ1) is 14.0. The van der Waals surface area contributed by atoms with Crippen molar-refractivity contribution in [2.24, 2.45) is 16.9 Å². The Morgan fingerprint density at radius 2 is 1.88 bits per heavy atom. The third-order valence-corrected chi connectivity index (χ3v) is 2.69. The molecule has 5 heteroatoms. The van der Waals surface area contributed by atoms with Gasteiger partial charge in [0.25, 0.3) is 0 Å². The number of hydrazone groups is 1. The van der Waals surface area contributed by atoms with Crippen LogP contribution in [0.15, 0.2) is 26.3 Å². The number of halogens is 1. The van der Waals surface area contributed by atoms with Gasteiger partial charge in [-0.25, -0.2) is 5.43 Å². The normalized spacial score (nSPS) is 10.8. The molecule has 1 aromatic heterocycles.